The first-order valence-corrected chi connectivity index (χ1v) is 5.52. The predicted octanol–water partition coefficient (Wildman–Crippen LogP) is 0.114. The van der Waals surface area contributed by atoms with Crippen molar-refractivity contribution in [3.63, 3.8) is 0 Å². The fraction of sp³-hybridized carbons (Fsp3) is 0.125. The van der Waals surface area contributed by atoms with Crippen LogP contribution in [0.25, 0.3) is 0 Å². The van der Waals surface area contributed by atoms with Crippen LogP contribution in [0.1, 0.15) is 12.5 Å². The van der Waals surface area contributed by atoms with Gasteiger partial charge in [-0.25, -0.2) is 13.6 Å². The van der Waals surface area contributed by atoms with Crippen molar-refractivity contribution in [1.29, 1.82) is 0 Å². The summed E-state index contributed by atoms with van der Waals surface area (Å²) < 4.78 is 22.2. The van der Waals surface area contributed by atoms with E-state index in [1.165, 1.54) is 19.1 Å². The Hall–Kier alpha value is -1.60. The van der Waals surface area contributed by atoms with E-state index in [2.05, 4.69) is 5.16 Å². The van der Waals surface area contributed by atoms with Crippen molar-refractivity contribution >= 4 is 21.4 Å². The quantitative estimate of drug-likeness (QED) is 0.288. The average molecular weight is 229 g/mol. The highest BCUT2D eigenvalue weighted by molar-refractivity contribution is 7.89. The predicted molar refractivity (Wildman–Crippen MR) is 56.2 cm³/mol. The molecule has 82 valence electrons. The van der Waals surface area contributed by atoms with E-state index in [0.717, 1.165) is 0 Å². The molecule has 1 aromatic rings. The monoisotopic (exact) mass is 229 g/mol. The van der Waals surface area contributed by atoms with Crippen molar-refractivity contribution in [3.05, 3.63) is 23.8 Å². The van der Waals surface area contributed by atoms with Gasteiger partial charge < -0.3 is 10.9 Å². The number of primary sulfonamides is 1. The number of benzene rings is 1. The summed E-state index contributed by atoms with van der Waals surface area (Å²) in [7, 11) is -3.86. The van der Waals surface area contributed by atoms with Crippen LogP contribution in [0.5, 0.6) is 0 Å². The van der Waals surface area contributed by atoms with Crippen LogP contribution < -0.4 is 10.9 Å². The van der Waals surface area contributed by atoms with Crippen molar-refractivity contribution in [1.82, 2.24) is 0 Å². The number of nitrogens with zero attached hydrogens (tertiary/aromatic N) is 1. The summed E-state index contributed by atoms with van der Waals surface area (Å²) in [5.41, 5.74) is 6.24. The summed E-state index contributed by atoms with van der Waals surface area (Å²) in [6, 6.07) is 4.20. The molecule has 15 heavy (non-hydrogen) atoms. The minimum Gasteiger partial charge on any atom is -0.411 e. The number of nitrogens with two attached hydrogens (primary N) is 2. The molecule has 1 rings (SSSR count). The maximum atomic E-state index is 11.1. The molecular formula is C8H11N3O3S. The number of hydrogen-bond donors (Lipinski definition) is 3. The number of oxime groups is 1. The fourth-order valence-corrected chi connectivity index (χ4v) is 1.75. The lowest BCUT2D eigenvalue weighted by atomic mass is 10.1. The van der Waals surface area contributed by atoms with E-state index in [0.29, 0.717) is 5.56 Å². The highest BCUT2D eigenvalue weighted by Gasteiger charge is 2.13. The van der Waals surface area contributed by atoms with Crippen LogP contribution in [0.2, 0.25) is 0 Å². The molecule has 0 amide bonds. The van der Waals surface area contributed by atoms with Crippen LogP contribution in [0.3, 0.4) is 0 Å². The van der Waals surface area contributed by atoms with Crippen LogP contribution in [-0.2, 0) is 10.0 Å². The summed E-state index contributed by atoms with van der Waals surface area (Å²) >= 11 is 0. The molecule has 0 saturated carbocycles. The molecule has 0 unspecified atom stereocenters. The van der Waals surface area contributed by atoms with Gasteiger partial charge in [0.05, 0.1) is 11.4 Å². The van der Waals surface area contributed by atoms with Gasteiger partial charge in [0, 0.05) is 5.56 Å². The molecule has 0 bridgehead atoms. The second kappa shape index (κ2) is 3.87. The molecule has 0 heterocycles. The van der Waals surface area contributed by atoms with Crippen molar-refractivity contribution in [2.75, 3.05) is 5.73 Å². The van der Waals surface area contributed by atoms with Gasteiger partial charge in [-0.05, 0) is 19.1 Å². The average Bonchev–Trinajstić information content (AvgIpc) is 2.15. The summed E-state index contributed by atoms with van der Waals surface area (Å²) in [6.07, 6.45) is 0. The molecule has 0 radical (unpaired) electrons. The Morgan fingerprint density at radius 2 is 2.07 bits per heavy atom. The van der Waals surface area contributed by atoms with Gasteiger partial charge in [0.1, 0.15) is 4.90 Å². The second-order valence-corrected chi connectivity index (χ2v) is 4.51. The highest BCUT2D eigenvalue weighted by Crippen LogP contribution is 2.18. The Labute approximate surface area is 87.2 Å². The van der Waals surface area contributed by atoms with E-state index in [-0.39, 0.29) is 16.3 Å². The first-order valence-electron chi connectivity index (χ1n) is 3.97. The maximum absolute atomic E-state index is 11.1. The summed E-state index contributed by atoms with van der Waals surface area (Å²) in [5, 5.41) is 16.4. The number of rotatable bonds is 2. The van der Waals surface area contributed by atoms with Gasteiger partial charge in [-0.15, -0.1) is 0 Å². The molecule has 0 aliphatic heterocycles. The highest BCUT2D eigenvalue weighted by atomic mass is 32.2. The van der Waals surface area contributed by atoms with Crippen LogP contribution in [-0.4, -0.2) is 19.3 Å². The van der Waals surface area contributed by atoms with Crippen LogP contribution >= 0.6 is 0 Å². The molecule has 0 aromatic heterocycles. The van der Waals surface area contributed by atoms with Gasteiger partial charge in [0.2, 0.25) is 10.0 Å². The van der Waals surface area contributed by atoms with E-state index < -0.39 is 10.0 Å². The lowest BCUT2D eigenvalue weighted by Crippen LogP contribution is -2.15. The van der Waals surface area contributed by atoms with Gasteiger partial charge in [0.25, 0.3) is 0 Å². The number of hydrogen-bond acceptors (Lipinski definition) is 5. The molecule has 0 saturated heterocycles. The lowest BCUT2D eigenvalue weighted by Gasteiger charge is -2.05. The fourth-order valence-electron chi connectivity index (χ4n) is 1.06. The van der Waals surface area contributed by atoms with Crippen molar-refractivity contribution in [2.45, 2.75) is 11.8 Å². The first kappa shape index (κ1) is 11.5. The van der Waals surface area contributed by atoms with Gasteiger partial charge in [0.15, 0.2) is 0 Å². The molecule has 5 N–H and O–H groups in total. The Kier molecular flexibility index (Phi) is 2.96. The largest absolute Gasteiger partial charge is 0.411 e. The molecule has 6 nitrogen and oxygen atoms in total. The smallest absolute Gasteiger partial charge is 0.240 e. The van der Waals surface area contributed by atoms with Crippen LogP contribution in [0.15, 0.2) is 28.3 Å². The Morgan fingerprint density at radius 3 is 2.53 bits per heavy atom. The Balaban J connectivity index is 3.43. The molecule has 0 spiro atoms. The minimum atomic E-state index is -3.86. The summed E-state index contributed by atoms with van der Waals surface area (Å²) in [6.45, 7) is 1.53. The zero-order valence-electron chi connectivity index (χ0n) is 8.01. The summed E-state index contributed by atoms with van der Waals surface area (Å²) in [4.78, 5) is -0.178. The number of sulfonamides is 1. The summed E-state index contributed by atoms with van der Waals surface area (Å²) in [5.74, 6) is 0. The Bertz CT molecular complexity index is 508. The van der Waals surface area contributed by atoms with E-state index in [9.17, 15) is 8.42 Å². The molecule has 0 aliphatic carbocycles. The van der Waals surface area contributed by atoms with Crippen LogP contribution in [0, 0.1) is 0 Å². The molecule has 1 aromatic carbocycles. The maximum Gasteiger partial charge on any atom is 0.240 e. The van der Waals surface area contributed by atoms with Crippen LogP contribution in [0.4, 0.5) is 5.69 Å². The van der Waals surface area contributed by atoms with E-state index in [1.807, 2.05) is 0 Å². The van der Waals surface area contributed by atoms with Gasteiger partial charge in [-0.2, -0.15) is 0 Å². The van der Waals surface area contributed by atoms with Gasteiger partial charge in [-0.1, -0.05) is 11.2 Å². The normalized spacial score (nSPS) is 12.8. The zero-order valence-corrected chi connectivity index (χ0v) is 8.82. The standard InChI is InChI=1S/C8H11N3O3S/c1-5(11-12)6-2-3-7(9)8(4-6)15(10,13)14/h2-4,12H,9H2,1H3,(H2,10,13,14)/b11-5+. The Morgan fingerprint density at radius 1 is 1.47 bits per heavy atom. The SMILES string of the molecule is C/C(=N\O)c1ccc(N)c(S(N)(=O)=O)c1. The molecule has 0 atom stereocenters. The zero-order chi connectivity index (χ0) is 11.6. The first-order chi connectivity index (χ1) is 6.86. The third-order valence-corrected chi connectivity index (χ3v) is 2.85. The van der Waals surface area contributed by atoms with Gasteiger partial charge in [-0.3, -0.25) is 0 Å². The van der Waals surface area contributed by atoms with E-state index in [1.54, 1.807) is 6.07 Å². The topological polar surface area (TPSA) is 119 Å². The molecular weight excluding hydrogens is 218 g/mol. The number of nitrogen functional groups attached to an aromatic ring is 1. The van der Waals surface area contributed by atoms with Crippen molar-refractivity contribution < 1.29 is 13.6 Å². The van der Waals surface area contributed by atoms with E-state index >= 15 is 0 Å². The number of anilines is 1. The second-order valence-electron chi connectivity index (χ2n) is 2.98. The third kappa shape index (κ3) is 2.45. The van der Waals surface area contributed by atoms with E-state index in [4.69, 9.17) is 16.1 Å². The molecule has 0 aliphatic rings. The lowest BCUT2D eigenvalue weighted by molar-refractivity contribution is 0.319. The minimum absolute atomic E-state index is 0.0620. The molecule has 7 heteroatoms. The molecule has 0 fully saturated rings. The van der Waals surface area contributed by atoms with Gasteiger partial charge >= 0.3 is 0 Å². The third-order valence-electron chi connectivity index (χ3n) is 1.89. The van der Waals surface area contributed by atoms with Crippen molar-refractivity contribution in [2.24, 2.45) is 10.3 Å². The van der Waals surface area contributed by atoms with Crippen molar-refractivity contribution in [3.8, 4) is 0 Å².